The molecule has 0 aromatic heterocycles. The molecular weight excluding hydrogens is 570 g/mol. The molecular formula is C28H40ClN5O6S. The summed E-state index contributed by atoms with van der Waals surface area (Å²) < 4.78 is 36.7. The fourth-order valence-electron chi connectivity index (χ4n) is 4.55. The van der Waals surface area contributed by atoms with Crippen LogP contribution in [0.1, 0.15) is 65.1 Å². The lowest BCUT2D eigenvalue weighted by Crippen LogP contribution is -2.31. The van der Waals surface area contributed by atoms with E-state index in [9.17, 15) is 18.0 Å². The van der Waals surface area contributed by atoms with Gasteiger partial charge >= 0.3 is 0 Å². The molecule has 1 heterocycles. The first kappa shape index (κ1) is 33.9. The monoisotopic (exact) mass is 609 g/mol. The van der Waals surface area contributed by atoms with E-state index in [4.69, 9.17) is 14.9 Å². The van der Waals surface area contributed by atoms with Gasteiger partial charge in [0, 0.05) is 43.4 Å². The number of methoxy groups -OCH3 is 1. The third kappa shape index (κ3) is 8.11. The van der Waals surface area contributed by atoms with E-state index in [1.165, 1.54) is 7.05 Å². The normalized spacial score (nSPS) is 12.9. The summed E-state index contributed by atoms with van der Waals surface area (Å²) in [4.78, 5) is 27.7. The summed E-state index contributed by atoms with van der Waals surface area (Å²) in [7, 11) is -0.246. The minimum absolute atomic E-state index is 0. The zero-order chi connectivity index (χ0) is 29.8. The molecule has 226 valence electrons. The summed E-state index contributed by atoms with van der Waals surface area (Å²) in [6, 6.07) is 6.91. The Kier molecular flexibility index (Phi) is 11.2. The maximum Gasteiger partial charge on any atom is 0.254 e. The van der Waals surface area contributed by atoms with E-state index >= 15 is 0 Å². The number of rotatable bonds is 12. The van der Waals surface area contributed by atoms with Crippen LogP contribution in [0.3, 0.4) is 0 Å². The Morgan fingerprint density at radius 2 is 1.80 bits per heavy atom. The van der Waals surface area contributed by atoms with Crippen molar-refractivity contribution >= 4 is 45.6 Å². The van der Waals surface area contributed by atoms with Crippen LogP contribution >= 0.6 is 12.4 Å². The maximum atomic E-state index is 13.6. The molecule has 2 aromatic carbocycles. The molecule has 0 radical (unpaired) electrons. The molecule has 0 aliphatic carbocycles. The van der Waals surface area contributed by atoms with Crippen LogP contribution in [0.15, 0.2) is 24.3 Å². The number of benzene rings is 2. The van der Waals surface area contributed by atoms with Crippen molar-refractivity contribution in [3.63, 3.8) is 0 Å². The number of ether oxygens (including phenoxy) is 2. The van der Waals surface area contributed by atoms with Gasteiger partial charge in [-0.2, -0.15) is 0 Å². The highest BCUT2D eigenvalue weighted by Crippen LogP contribution is 2.39. The maximum absolute atomic E-state index is 13.6. The molecule has 1 aliphatic rings. The van der Waals surface area contributed by atoms with Crippen LogP contribution in [0.5, 0.6) is 11.5 Å². The lowest BCUT2D eigenvalue weighted by molar-refractivity contribution is 0.0953. The van der Waals surface area contributed by atoms with Crippen molar-refractivity contribution in [3.8, 4) is 11.5 Å². The minimum Gasteiger partial charge on any atom is -0.494 e. The van der Waals surface area contributed by atoms with Gasteiger partial charge in [-0.05, 0) is 42.2 Å². The second-order valence-electron chi connectivity index (χ2n) is 10.6. The van der Waals surface area contributed by atoms with Gasteiger partial charge in [0.25, 0.3) is 5.91 Å². The number of ketones is 1. The number of fused-ring (bicyclic) bond motifs is 1. The van der Waals surface area contributed by atoms with Crippen LogP contribution in [0.2, 0.25) is 0 Å². The van der Waals surface area contributed by atoms with E-state index in [-0.39, 0.29) is 55.0 Å². The fourth-order valence-corrected chi connectivity index (χ4v) is 5.02. The van der Waals surface area contributed by atoms with Gasteiger partial charge in [0.1, 0.15) is 17.3 Å². The van der Waals surface area contributed by atoms with Crippen molar-refractivity contribution in [1.29, 1.82) is 5.41 Å². The van der Waals surface area contributed by atoms with Crippen molar-refractivity contribution in [2.24, 2.45) is 0 Å². The number of nitrogens with one attached hydrogen (secondary N) is 4. The highest BCUT2D eigenvalue weighted by Gasteiger charge is 2.30. The highest BCUT2D eigenvalue weighted by atomic mass is 35.5. The summed E-state index contributed by atoms with van der Waals surface area (Å²) in [5.41, 5.74) is 3.20. The van der Waals surface area contributed by atoms with Crippen molar-refractivity contribution in [2.75, 3.05) is 52.0 Å². The van der Waals surface area contributed by atoms with Crippen LogP contribution in [0.4, 0.5) is 5.69 Å². The summed E-state index contributed by atoms with van der Waals surface area (Å²) in [6.07, 6.45) is 1.09. The third-order valence-corrected chi connectivity index (χ3v) is 7.20. The first-order chi connectivity index (χ1) is 18.7. The van der Waals surface area contributed by atoms with Gasteiger partial charge in [0.15, 0.2) is 5.78 Å². The summed E-state index contributed by atoms with van der Waals surface area (Å²) in [5.74, 6) is 0.668. The number of carbonyl (C=O) groups is 2. The molecule has 0 unspecified atom stereocenters. The Hall–Kier alpha value is -3.35. The van der Waals surface area contributed by atoms with Crippen molar-refractivity contribution in [3.05, 3.63) is 52.1 Å². The van der Waals surface area contributed by atoms with Gasteiger partial charge in [0.05, 0.1) is 37.8 Å². The van der Waals surface area contributed by atoms with Gasteiger partial charge in [-0.15, -0.1) is 12.4 Å². The standard InChI is InChI=1S/C28H39N5O6S.ClH/c1-8-39-24-13-18-15-33(26(29)19(18)14-20(24)27(35)30-5)16-23(34)17-11-21(28(2,3)4)25(38-6)22(12-17)31-9-10-32-40(7,36)37;/h11-14,29,31-32H,8-10,15-16H2,1-7H3,(H,30,35);1H. The molecule has 2 aromatic rings. The van der Waals surface area contributed by atoms with Gasteiger partial charge in [-0.25, -0.2) is 13.1 Å². The Morgan fingerprint density at radius 3 is 2.37 bits per heavy atom. The topological polar surface area (TPSA) is 150 Å². The van der Waals surface area contributed by atoms with E-state index in [0.29, 0.717) is 47.0 Å². The van der Waals surface area contributed by atoms with Crippen LogP contribution in [0.25, 0.3) is 0 Å². The van der Waals surface area contributed by atoms with Gasteiger partial charge in [-0.1, -0.05) is 20.8 Å². The first-order valence-electron chi connectivity index (χ1n) is 13.0. The van der Waals surface area contributed by atoms with E-state index in [1.807, 2.05) is 33.8 Å². The molecule has 1 aliphatic heterocycles. The van der Waals surface area contributed by atoms with Crippen LogP contribution in [0, 0.1) is 5.41 Å². The van der Waals surface area contributed by atoms with E-state index in [1.54, 1.807) is 30.2 Å². The van der Waals surface area contributed by atoms with Crippen LogP contribution < -0.4 is 24.8 Å². The molecule has 0 saturated carbocycles. The summed E-state index contributed by atoms with van der Waals surface area (Å²) in [5, 5.41) is 14.5. The molecule has 1 amide bonds. The lowest BCUT2D eigenvalue weighted by atomic mass is 9.84. The molecule has 3 rings (SSSR count). The van der Waals surface area contributed by atoms with E-state index < -0.39 is 10.0 Å². The molecule has 0 saturated heterocycles. The smallest absolute Gasteiger partial charge is 0.254 e. The van der Waals surface area contributed by atoms with Gasteiger partial charge in [-0.3, -0.25) is 15.0 Å². The number of amides is 1. The van der Waals surface area contributed by atoms with E-state index in [0.717, 1.165) is 17.4 Å². The molecule has 11 nitrogen and oxygen atoms in total. The number of hydrogen-bond donors (Lipinski definition) is 4. The zero-order valence-electron chi connectivity index (χ0n) is 24.6. The number of anilines is 1. The summed E-state index contributed by atoms with van der Waals surface area (Å²) >= 11 is 0. The SMILES string of the molecule is CCOc1cc2c(cc1C(=O)NC)C(=N)N(CC(=O)c1cc(NCCNS(C)(=O)=O)c(OC)c(C(C)(C)C)c1)C2.Cl. The zero-order valence-corrected chi connectivity index (χ0v) is 26.2. The second-order valence-corrected chi connectivity index (χ2v) is 12.4. The predicted molar refractivity (Wildman–Crippen MR) is 163 cm³/mol. The lowest BCUT2D eigenvalue weighted by Gasteiger charge is -2.26. The van der Waals surface area contributed by atoms with Crippen molar-refractivity contribution in [1.82, 2.24) is 14.9 Å². The second kappa shape index (κ2) is 13.5. The van der Waals surface area contributed by atoms with Crippen LogP contribution in [-0.4, -0.2) is 77.5 Å². The molecule has 0 spiro atoms. The third-order valence-electron chi connectivity index (χ3n) is 6.47. The number of Topliss-reactive ketones (excluding diaryl/α,β-unsaturated/α-hetero) is 1. The largest absolute Gasteiger partial charge is 0.494 e. The van der Waals surface area contributed by atoms with E-state index in [2.05, 4.69) is 15.4 Å². The molecule has 4 N–H and O–H groups in total. The average Bonchev–Trinajstić information content (AvgIpc) is 3.17. The number of sulfonamides is 1. The Morgan fingerprint density at radius 1 is 1.12 bits per heavy atom. The number of halogens is 1. The van der Waals surface area contributed by atoms with Gasteiger partial charge in [0.2, 0.25) is 10.0 Å². The Balaban J connectivity index is 0.00000588. The molecule has 41 heavy (non-hydrogen) atoms. The Labute approximate surface area is 248 Å². The highest BCUT2D eigenvalue weighted by molar-refractivity contribution is 7.88. The van der Waals surface area contributed by atoms with Gasteiger partial charge < -0.3 is 25.0 Å². The van der Waals surface area contributed by atoms with Crippen LogP contribution in [-0.2, 0) is 22.0 Å². The van der Waals surface area contributed by atoms with Crippen molar-refractivity contribution in [2.45, 2.75) is 39.7 Å². The Bertz CT molecular complexity index is 1420. The predicted octanol–water partition coefficient (Wildman–Crippen LogP) is 3.16. The summed E-state index contributed by atoms with van der Waals surface area (Å²) in [6.45, 7) is 9.00. The molecule has 0 bridgehead atoms. The fraction of sp³-hybridized carbons (Fsp3) is 0.464. The average molecular weight is 610 g/mol. The molecule has 0 atom stereocenters. The molecule has 0 fully saturated rings. The molecule has 13 heteroatoms. The number of hydrogen-bond acceptors (Lipinski definition) is 8. The number of carbonyl (C=O) groups excluding carboxylic acids is 2. The first-order valence-corrected chi connectivity index (χ1v) is 14.9. The minimum atomic E-state index is -3.33. The quantitative estimate of drug-likeness (QED) is 0.212. The number of amidine groups is 1. The van der Waals surface area contributed by atoms with Crippen molar-refractivity contribution < 1.29 is 27.5 Å². The number of nitrogens with zero attached hydrogens (tertiary/aromatic N) is 1.